The number of unbranched alkanes of at least 4 members (excludes halogenated alkanes) is 12. The van der Waals surface area contributed by atoms with E-state index in [1.807, 2.05) is 0 Å². The summed E-state index contributed by atoms with van der Waals surface area (Å²) in [6.07, 6.45) is 39.0. The molecule has 52 heavy (non-hydrogen) atoms. The van der Waals surface area contributed by atoms with Crippen molar-refractivity contribution < 1.29 is 47.8 Å². The number of hydrogen-bond acceptors (Lipinski definition) is 9. The number of allylic oxidation sites excluding steroid dienone is 10. The molecule has 0 aliphatic rings. The zero-order valence-corrected chi connectivity index (χ0v) is 33.1. The third-order valence-electron chi connectivity index (χ3n) is 7.91. The largest absolute Gasteiger partial charge is 0.472 e. The Bertz CT molecular complexity index is 1050. The third-order valence-corrected chi connectivity index (χ3v) is 8.86. The zero-order chi connectivity index (χ0) is 38.4. The Morgan fingerprint density at radius 3 is 1.60 bits per heavy atom. The number of phosphoric ester groups is 1. The number of aliphatic hydroxyl groups excluding tert-OH is 2. The maximum absolute atomic E-state index is 12.6. The van der Waals surface area contributed by atoms with Crippen LogP contribution in [0.2, 0.25) is 0 Å². The highest BCUT2D eigenvalue weighted by Crippen LogP contribution is 2.43. The van der Waals surface area contributed by atoms with Gasteiger partial charge < -0.3 is 24.6 Å². The second-order valence-corrected chi connectivity index (χ2v) is 14.4. The molecule has 11 heteroatoms. The number of aliphatic hydroxyl groups is 2. The molecule has 0 rings (SSSR count). The molecule has 0 saturated carbocycles. The molecule has 0 saturated heterocycles. The monoisotopic (exact) mass is 754 g/mol. The summed E-state index contributed by atoms with van der Waals surface area (Å²) in [7, 11) is -4.62. The number of carbonyl (C=O) groups excluding carboxylic acids is 2. The fourth-order valence-electron chi connectivity index (χ4n) is 4.85. The van der Waals surface area contributed by atoms with Gasteiger partial charge in [0.15, 0.2) is 6.10 Å². The molecular weight excluding hydrogens is 683 g/mol. The van der Waals surface area contributed by atoms with Gasteiger partial charge in [-0.15, -0.1) is 0 Å². The fourth-order valence-corrected chi connectivity index (χ4v) is 5.64. The number of ether oxygens (including phenoxy) is 2. The van der Waals surface area contributed by atoms with E-state index < -0.39 is 51.8 Å². The van der Waals surface area contributed by atoms with Crippen LogP contribution in [-0.2, 0) is 32.7 Å². The van der Waals surface area contributed by atoms with Crippen molar-refractivity contribution in [2.45, 2.75) is 161 Å². The Kier molecular flexibility index (Phi) is 35.3. The minimum absolute atomic E-state index is 0.159. The Balaban J connectivity index is 4.42. The number of esters is 2. The summed E-state index contributed by atoms with van der Waals surface area (Å²) >= 11 is 0. The lowest BCUT2D eigenvalue weighted by Gasteiger charge is -2.20. The number of carbonyl (C=O) groups is 2. The van der Waals surface area contributed by atoms with Crippen LogP contribution in [0.5, 0.6) is 0 Å². The van der Waals surface area contributed by atoms with Gasteiger partial charge >= 0.3 is 19.8 Å². The highest BCUT2D eigenvalue weighted by Gasteiger charge is 2.27. The minimum atomic E-state index is -4.62. The molecule has 0 amide bonds. The van der Waals surface area contributed by atoms with Gasteiger partial charge in [-0.25, -0.2) is 4.57 Å². The van der Waals surface area contributed by atoms with E-state index in [1.165, 1.54) is 12.8 Å². The van der Waals surface area contributed by atoms with Crippen LogP contribution in [0.1, 0.15) is 149 Å². The van der Waals surface area contributed by atoms with Crippen LogP contribution in [-0.4, -0.2) is 65.7 Å². The maximum Gasteiger partial charge on any atom is 0.472 e. The van der Waals surface area contributed by atoms with Gasteiger partial charge in [0, 0.05) is 12.8 Å². The molecule has 0 aromatic rings. The number of rotatable bonds is 36. The summed E-state index contributed by atoms with van der Waals surface area (Å²) in [6, 6.07) is 0. The average molecular weight is 755 g/mol. The summed E-state index contributed by atoms with van der Waals surface area (Å²) in [5, 5.41) is 18.3. The summed E-state index contributed by atoms with van der Waals surface area (Å²) < 4.78 is 32.6. The molecule has 0 aliphatic carbocycles. The first-order valence-corrected chi connectivity index (χ1v) is 21.2. The SMILES string of the molecule is CC/C=C/C/C=C/C/C=C/CCCCCCCC(=O)O[C@H](COC(=O)CCCCCCC/C=C/C/C=C/CCCC)COP(=O)(O)OC[C@@H](O)CO. The van der Waals surface area contributed by atoms with Gasteiger partial charge in [-0.2, -0.15) is 0 Å². The lowest BCUT2D eigenvalue weighted by atomic mass is 10.1. The van der Waals surface area contributed by atoms with Gasteiger partial charge in [-0.05, 0) is 70.6 Å². The van der Waals surface area contributed by atoms with Crippen LogP contribution < -0.4 is 0 Å². The predicted octanol–water partition coefficient (Wildman–Crippen LogP) is 9.94. The Morgan fingerprint density at radius 2 is 1.06 bits per heavy atom. The van der Waals surface area contributed by atoms with Gasteiger partial charge in [0.1, 0.15) is 12.7 Å². The molecular formula is C41H71O10P. The smallest absolute Gasteiger partial charge is 0.462 e. The van der Waals surface area contributed by atoms with Crippen LogP contribution >= 0.6 is 7.82 Å². The quantitative estimate of drug-likeness (QED) is 0.0244. The van der Waals surface area contributed by atoms with Crippen LogP contribution in [0.3, 0.4) is 0 Å². The topological polar surface area (TPSA) is 149 Å². The van der Waals surface area contributed by atoms with E-state index in [9.17, 15) is 24.2 Å². The average Bonchev–Trinajstić information content (AvgIpc) is 3.13. The Labute approximate surface area is 315 Å². The standard InChI is InChI=1S/C41H71O10P/c1-3-5-7-9-11-13-15-17-19-21-23-25-27-29-31-33-41(45)51-39(37-50-52(46,47)49-35-38(43)34-42)36-48-40(44)32-30-28-26-24-22-20-18-16-14-12-10-8-6-4-2/h5,7,10-13,16-19,38-39,42-43H,3-4,6,8-9,14-15,20-37H2,1-2H3,(H,46,47)/b7-5+,12-10+,13-11+,18-16+,19-17+/t38-,39+/m0/s1. The van der Waals surface area contributed by atoms with Gasteiger partial charge in [0.05, 0.1) is 19.8 Å². The van der Waals surface area contributed by atoms with E-state index in [0.717, 1.165) is 96.3 Å². The highest BCUT2D eigenvalue weighted by atomic mass is 31.2. The summed E-state index contributed by atoms with van der Waals surface area (Å²) in [6.45, 7) is 2.16. The van der Waals surface area contributed by atoms with Gasteiger partial charge in [0.25, 0.3) is 0 Å². The molecule has 10 nitrogen and oxygen atoms in total. The molecule has 3 N–H and O–H groups in total. The zero-order valence-electron chi connectivity index (χ0n) is 32.3. The summed E-state index contributed by atoms with van der Waals surface area (Å²) in [5.41, 5.74) is 0. The molecule has 1 unspecified atom stereocenters. The highest BCUT2D eigenvalue weighted by molar-refractivity contribution is 7.47. The van der Waals surface area contributed by atoms with Crippen LogP contribution in [0.15, 0.2) is 60.8 Å². The Hall–Kier alpha value is -2.33. The van der Waals surface area contributed by atoms with E-state index in [0.29, 0.717) is 12.8 Å². The first-order chi connectivity index (χ1) is 25.2. The van der Waals surface area contributed by atoms with Gasteiger partial charge in [0.2, 0.25) is 0 Å². The molecule has 0 fully saturated rings. The van der Waals surface area contributed by atoms with Crippen LogP contribution in [0, 0.1) is 0 Å². The van der Waals surface area contributed by atoms with Crippen molar-refractivity contribution >= 4 is 19.8 Å². The molecule has 3 atom stereocenters. The molecule has 0 aromatic heterocycles. The molecule has 0 aromatic carbocycles. The molecule has 0 spiro atoms. The number of hydrogen-bond donors (Lipinski definition) is 3. The van der Waals surface area contributed by atoms with Crippen molar-refractivity contribution in [2.75, 3.05) is 26.4 Å². The molecule has 0 bridgehead atoms. The van der Waals surface area contributed by atoms with Gasteiger partial charge in [-0.1, -0.05) is 126 Å². The van der Waals surface area contributed by atoms with Crippen LogP contribution in [0.4, 0.5) is 0 Å². The second-order valence-electron chi connectivity index (χ2n) is 12.9. The molecule has 0 radical (unpaired) electrons. The fraction of sp³-hybridized carbons (Fsp3) is 0.707. The number of phosphoric acid groups is 1. The molecule has 0 heterocycles. The molecule has 300 valence electrons. The van der Waals surface area contributed by atoms with Crippen molar-refractivity contribution in [3.8, 4) is 0 Å². The van der Waals surface area contributed by atoms with Crippen molar-refractivity contribution in [3.05, 3.63) is 60.8 Å². The summed E-state index contributed by atoms with van der Waals surface area (Å²) in [4.78, 5) is 34.9. The lowest BCUT2D eigenvalue weighted by molar-refractivity contribution is -0.161. The lowest BCUT2D eigenvalue weighted by Crippen LogP contribution is -2.29. The van der Waals surface area contributed by atoms with E-state index in [2.05, 4.69) is 79.1 Å². The minimum Gasteiger partial charge on any atom is -0.462 e. The Morgan fingerprint density at radius 1 is 0.596 bits per heavy atom. The van der Waals surface area contributed by atoms with E-state index in [-0.39, 0.29) is 19.4 Å². The second kappa shape index (κ2) is 37.0. The van der Waals surface area contributed by atoms with E-state index in [1.54, 1.807) is 0 Å². The molecule has 0 aliphatic heterocycles. The van der Waals surface area contributed by atoms with Crippen molar-refractivity contribution in [3.63, 3.8) is 0 Å². The van der Waals surface area contributed by atoms with Gasteiger partial charge in [-0.3, -0.25) is 18.6 Å². The van der Waals surface area contributed by atoms with Crippen LogP contribution in [0.25, 0.3) is 0 Å². The van der Waals surface area contributed by atoms with E-state index in [4.69, 9.17) is 19.1 Å². The maximum atomic E-state index is 12.6. The van der Waals surface area contributed by atoms with E-state index >= 15 is 0 Å². The van der Waals surface area contributed by atoms with Crippen molar-refractivity contribution in [2.24, 2.45) is 0 Å². The first-order valence-electron chi connectivity index (χ1n) is 19.7. The van der Waals surface area contributed by atoms with Crippen molar-refractivity contribution in [1.29, 1.82) is 0 Å². The third kappa shape index (κ3) is 36.0. The summed E-state index contributed by atoms with van der Waals surface area (Å²) in [5.74, 6) is -0.967. The van der Waals surface area contributed by atoms with Crippen molar-refractivity contribution in [1.82, 2.24) is 0 Å². The normalized spacial score (nSPS) is 14.6. The first kappa shape index (κ1) is 49.7. The predicted molar refractivity (Wildman–Crippen MR) is 210 cm³/mol.